The van der Waals surface area contributed by atoms with E-state index >= 15 is 0 Å². The highest BCUT2D eigenvalue weighted by atomic mass is 35.5. The summed E-state index contributed by atoms with van der Waals surface area (Å²) in [5.74, 6) is -0.466. The summed E-state index contributed by atoms with van der Waals surface area (Å²) in [6.45, 7) is 4.14. The fourth-order valence-corrected chi connectivity index (χ4v) is 3.50. The molecule has 0 N–H and O–H groups in total. The van der Waals surface area contributed by atoms with E-state index in [4.69, 9.17) is 27.9 Å². The van der Waals surface area contributed by atoms with Gasteiger partial charge in [-0.25, -0.2) is 4.79 Å². The Labute approximate surface area is 172 Å². The Balaban J connectivity index is 1.43. The maximum Gasteiger partial charge on any atom is 0.339 e. The molecule has 0 bridgehead atoms. The average Bonchev–Trinajstić information content (AvgIpc) is 2.68. The fraction of sp³-hybridized carbons (Fsp3) is 0.316. The summed E-state index contributed by atoms with van der Waals surface area (Å²) in [6.07, 6.45) is 0. The largest absolute Gasteiger partial charge is 0.461 e. The van der Waals surface area contributed by atoms with E-state index in [2.05, 4.69) is 9.80 Å². The Bertz CT molecular complexity index is 853. The van der Waals surface area contributed by atoms with Gasteiger partial charge in [0, 0.05) is 55.6 Å². The molecule has 0 saturated carbocycles. The second-order valence-electron chi connectivity index (χ2n) is 6.36. The highest BCUT2D eigenvalue weighted by molar-refractivity contribution is 6.36. The summed E-state index contributed by atoms with van der Waals surface area (Å²) >= 11 is 11.8. The molecular weight excluding hydrogens is 405 g/mol. The molecule has 9 heteroatoms. The number of ether oxygens (including phenoxy) is 1. The van der Waals surface area contributed by atoms with Gasteiger partial charge < -0.3 is 9.64 Å². The third-order valence-corrected chi connectivity index (χ3v) is 5.14. The van der Waals surface area contributed by atoms with Crippen molar-refractivity contribution in [2.45, 2.75) is 0 Å². The Morgan fingerprint density at radius 3 is 2.36 bits per heavy atom. The molecule has 0 aromatic heterocycles. The van der Waals surface area contributed by atoms with Gasteiger partial charge in [0.2, 0.25) is 0 Å². The number of rotatable bonds is 6. The number of hydrogen-bond acceptors (Lipinski definition) is 6. The summed E-state index contributed by atoms with van der Waals surface area (Å²) < 4.78 is 5.31. The molecule has 1 aliphatic rings. The zero-order valence-corrected chi connectivity index (χ0v) is 16.5. The molecule has 0 unspecified atom stereocenters. The highest BCUT2D eigenvalue weighted by Gasteiger charge is 2.19. The summed E-state index contributed by atoms with van der Waals surface area (Å²) in [5, 5.41) is 11.5. The van der Waals surface area contributed by atoms with Crippen LogP contribution in [0.4, 0.5) is 11.4 Å². The van der Waals surface area contributed by atoms with E-state index in [0.29, 0.717) is 17.1 Å². The summed E-state index contributed by atoms with van der Waals surface area (Å²) in [6, 6.07) is 11.2. The van der Waals surface area contributed by atoms with Crippen LogP contribution in [0, 0.1) is 10.1 Å². The lowest BCUT2D eigenvalue weighted by atomic mass is 10.2. The lowest BCUT2D eigenvalue weighted by Crippen LogP contribution is -2.47. The van der Waals surface area contributed by atoms with Gasteiger partial charge in [-0.3, -0.25) is 15.0 Å². The zero-order valence-electron chi connectivity index (χ0n) is 15.0. The molecular formula is C19H19Cl2N3O4. The number of carbonyl (C=O) groups is 1. The quantitative estimate of drug-likeness (QED) is 0.398. The van der Waals surface area contributed by atoms with Crippen molar-refractivity contribution >= 4 is 40.5 Å². The summed E-state index contributed by atoms with van der Waals surface area (Å²) in [7, 11) is 0. The number of esters is 1. The van der Waals surface area contributed by atoms with E-state index in [-0.39, 0.29) is 17.3 Å². The van der Waals surface area contributed by atoms with Crippen LogP contribution in [0.5, 0.6) is 0 Å². The smallest absolute Gasteiger partial charge is 0.339 e. The van der Waals surface area contributed by atoms with Crippen molar-refractivity contribution in [3.8, 4) is 0 Å². The molecule has 0 spiro atoms. The van der Waals surface area contributed by atoms with Gasteiger partial charge in [0.25, 0.3) is 5.69 Å². The van der Waals surface area contributed by atoms with E-state index in [9.17, 15) is 14.9 Å². The van der Waals surface area contributed by atoms with Crippen molar-refractivity contribution in [3.63, 3.8) is 0 Å². The first kappa shape index (κ1) is 20.4. The molecule has 0 atom stereocenters. The van der Waals surface area contributed by atoms with E-state index in [1.807, 2.05) is 0 Å². The normalized spacial score (nSPS) is 14.7. The van der Waals surface area contributed by atoms with Crippen LogP contribution < -0.4 is 4.90 Å². The molecule has 2 aromatic rings. The number of carbonyl (C=O) groups excluding carboxylic acids is 1. The van der Waals surface area contributed by atoms with Crippen LogP contribution in [-0.4, -0.2) is 55.1 Å². The van der Waals surface area contributed by atoms with Gasteiger partial charge in [-0.2, -0.15) is 0 Å². The second kappa shape index (κ2) is 9.23. The van der Waals surface area contributed by atoms with Crippen molar-refractivity contribution in [1.29, 1.82) is 0 Å². The maximum atomic E-state index is 12.1. The van der Waals surface area contributed by atoms with Crippen LogP contribution >= 0.6 is 23.2 Å². The van der Waals surface area contributed by atoms with Crippen LogP contribution in [0.15, 0.2) is 42.5 Å². The number of hydrogen-bond donors (Lipinski definition) is 0. The number of benzene rings is 2. The van der Waals surface area contributed by atoms with Crippen LogP contribution in [0.2, 0.25) is 10.0 Å². The number of piperazine rings is 1. The second-order valence-corrected chi connectivity index (χ2v) is 7.21. The van der Waals surface area contributed by atoms with Crippen LogP contribution in [0.3, 0.4) is 0 Å². The fourth-order valence-electron chi connectivity index (χ4n) is 3.02. The molecule has 1 saturated heterocycles. The molecule has 28 heavy (non-hydrogen) atoms. The molecule has 0 aliphatic carbocycles. The van der Waals surface area contributed by atoms with Gasteiger partial charge in [0.15, 0.2) is 0 Å². The van der Waals surface area contributed by atoms with Crippen LogP contribution in [0.25, 0.3) is 0 Å². The minimum atomic E-state index is -0.466. The molecule has 3 rings (SSSR count). The number of nitro groups is 1. The topological polar surface area (TPSA) is 75.9 Å². The van der Waals surface area contributed by atoms with Gasteiger partial charge in [-0.15, -0.1) is 0 Å². The Morgan fingerprint density at radius 2 is 1.75 bits per heavy atom. The minimum Gasteiger partial charge on any atom is -0.461 e. The number of anilines is 1. The monoisotopic (exact) mass is 423 g/mol. The first-order valence-electron chi connectivity index (χ1n) is 8.78. The van der Waals surface area contributed by atoms with Crippen molar-refractivity contribution in [1.82, 2.24) is 4.90 Å². The van der Waals surface area contributed by atoms with Crippen molar-refractivity contribution in [2.24, 2.45) is 0 Å². The summed E-state index contributed by atoms with van der Waals surface area (Å²) in [5.41, 5.74) is 1.35. The third kappa shape index (κ3) is 5.13. The number of non-ortho nitro benzene ring substituents is 1. The number of nitrogens with zero attached hydrogens (tertiary/aromatic N) is 3. The van der Waals surface area contributed by atoms with Crippen molar-refractivity contribution < 1.29 is 14.5 Å². The van der Waals surface area contributed by atoms with Crippen molar-refractivity contribution in [2.75, 3.05) is 44.2 Å². The van der Waals surface area contributed by atoms with E-state index in [1.165, 1.54) is 18.2 Å². The third-order valence-electron chi connectivity index (χ3n) is 4.59. The summed E-state index contributed by atoms with van der Waals surface area (Å²) in [4.78, 5) is 26.8. The Kier molecular flexibility index (Phi) is 6.72. The standard InChI is InChI=1S/C19H19Cl2N3O4/c20-14-1-6-17(18(21)13-14)19(25)28-12-11-22-7-9-23(10-8-22)15-2-4-16(5-3-15)24(26)27/h1-6,13H,7-12H2. The van der Waals surface area contributed by atoms with E-state index < -0.39 is 10.9 Å². The lowest BCUT2D eigenvalue weighted by Gasteiger charge is -2.35. The minimum absolute atomic E-state index is 0.0880. The maximum absolute atomic E-state index is 12.1. The Hall–Kier alpha value is -2.35. The first-order chi connectivity index (χ1) is 13.4. The first-order valence-corrected chi connectivity index (χ1v) is 9.53. The molecule has 148 valence electrons. The predicted molar refractivity (Wildman–Crippen MR) is 108 cm³/mol. The molecule has 7 nitrogen and oxygen atoms in total. The predicted octanol–water partition coefficient (Wildman–Crippen LogP) is 3.88. The van der Waals surface area contributed by atoms with Crippen LogP contribution in [-0.2, 0) is 4.74 Å². The molecule has 1 aliphatic heterocycles. The van der Waals surface area contributed by atoms with Gasteiger partial charge in [0.1, 0.15) is 6.61 Å². The lowest BCUT2D eigenvalue weighted by molar-refractivity contribution is -0.384. The van der Waals surface area contributed by atoms with E-state index in [1.54, 1.807) is 24.3 Å². The number of halogens is 2. The molecule has 1 heterocycles. The van der Waals surface area contributed by atoms with Gasteiger partial charge >= 0.3 is 5.97 Å². The van der Waals surface area contributed by atoms with Gasteiger partial charge in [0.05, 0.1) is 15.5 Å². The number of nitro benzene ring substituents is 1. The molecule has 2 aromatic carbocycles. The SMILES string of the molecule is O=C(OCCN1CCN(c2ccc([N+](=O)[O-])cc2)CC1)c1ccc(Cl)cc1Cl. The van der Waals surface area contributed by atoms with E-state index in [0.717, 1.165) is 31.9 Å². The van der Waals surface area contributed by atoms with Crippen LogP contribution in [0.1, 0.15) is 10.4 Å². The van der Waals surface area contributed by atoms with Gasteiger partial charge in [-0.1, -0.05) is 23.2 Å². The average molecular weight is 424 g/mol. The Morgan fingerprint density at radius 1 is 1.07 bits per heavy atom. The zero-order chi connectivity index (χ0) is 20.1. The molecule has 0 amide bonds. The molecule has 1 fully saturated rings. The molecule has 0 radical (unpaired) electrons. The van der Waals surface area contributed by atoms with Gasteiger partial charge in [-0.05, 0) is 30.3 Å². The highest BCUT2D eigenvalue weighted by Crippen LogP contribution is 2.22. The van der Waals surface area contributed by atoms with Crippen molar-refractivity contribution in [3.05, 3.63) is 68.2 Å².